The van der Waals surface area contributed by atoms with Gasteiger partial charge in [0.05, 0.1) is 10.2 Å². The lowest BCUT2D eigenvalue weighted by Gasteiger charge is -1.94. The summed E-state index contributed by atoms with van der Waals surface area (Å²) < 4.78 is 2.77. The van der Waals surface area contributed by atoms with Crippen molar-refractivity contribution in [1.29, 1.82) is 0 Å². The molecule has 0 aromatic carbocycles. The fraction of sp³-hybridized carbons (Fsp3) is 0.111. The zero-order valence-corrected chi connectivity index (χ0v) is 8.54. The van der Waals surface area contributed by atoms with E-state index in [0.717, 1.165) is 10.2 Å². The number of hydrogen-bond donors (Lipinski definition) is 0. The third kappa shape index (κ3) is 1.21. The van der Waals surface area contributed by atoms with Gasteiger partial charge in [-0.3, -0.25) is 4.40 Å². The third-order valence-corrected chi connectivity index (χ3v) is 2.23. The lowest BCUT2D eigenvalue weighted by atomic mass is 10.4. The molecule has 2 aromatic rings. The highest BCUT2D eigenvalue weighted by atomic mass is 79.9. The number of halogens is 1. The van der Waals surface area contributed by atoms with Gasteiger partial charge in [-0.25, -0.2) is 9.97 Å². The SMILES string of the molecule is C#Cc1nc2ncc(Br)cn2c1C. The molecule has 2 aromatic heterocycles. The Balaban J connectivity index is 2.87. The minimum Gasteiger partial charge on any atom is -0.286 e. The zero-order chi connectivity index (χ0) is 9.42. The molecule has 0 bridgehead atoms. The summed E-state index contributed by atoms with van der Waals surface area (Å²) in [4.78, 5) is 8.29. The first-order valence-corrected chi connectivity index (χ1v) is 4.48. The Bertz CT molecular complexity index is 507. The number of aromatic nitrogens is 3. The van der Waals surface area contributed by atoms with E-state index < -0.39 is 0 Å². The van der Waals surface area contributed by atoms with Gasteiger partial charge in [-0.2, -0.15) is 0 Å². The molecular weight excluding hydrogens is 230 g/mol. The maximum atomic E-state index is 5.29. The average Bonchev–Trinajstić information content (AvgIpc) is 2.44. The molecule has 3 nitrogen and oxygen atoms in total. The zero-order valence-electron chi connectivity index (χ0n) is 6.95. The van der Waals surface area contributed by atoms with Crippen LogP contribution < -0.4 is 0 Å². The van der Waals surface area contributed by atoms with Gasteiger partial charge in [-0.1, -0.05) is 0 Å². The van der Waals surface area contributed by atoms with Crippen molar-refractivity contribution in [3.8, 4) is 12.3 Å². The van der Waals surface area contributed by atoms with Crippen LogP contribution in [0.25, 0.3) is 5.78 Å². The maximum Gasteiger partial charge on any atom is 0.235 e. The molecule has 0 aliphatic heterocycles. The van der Waals surface area contributed by atoms with E-state index in [1.54, 1.807) is 6.20 Å². The molecule has 0 aliphatic carbocycles. The predicted octanol–water partition coefficient (Wildman–Crippen LogP) is 1.78. The Kier molecular flexibility index (Phi) is 1.82. The van der Waals surface area contributed by atoms with Crippen LogP contribution in [0.4, 0.5) is 0 Å². The molecule has 0 atom stereocenters. The molecule has 64 valence electrons. The second-order valence-corrected chi connectivity index (χ2v) is 3.55. The van der Waals surface area contributed by atoms with Gasteiger partial charge in [0.1, 0.15) is 5.69 Å². The second kappa shape index (κ2) is 2.86. The fourth-order valence-corrected chi connectivity index (χ4v) is 1.46. The maximum absolute atomic E-state index is 5.29. The van der Waals surface area contributed by atoms with E-state index in [1.807, 2.05) is 17.5 Å². The largest absolute Gasteiger partial charge is 0.286 e. The standard InChI is InChI=1S/C9H6BrN3/c1-3-8-6(2)13-5-7(10)4-11-9(13)12-8/h1,4-5H,2H3. The molecule has 2 rings (SSSR count). The summed E-state index contributed by atoms with van der Waals surface area (Å²) in [7, 11) is 0. The first-order valence-electron chi connectivity index (χ1n) is 3.69. The molecular formula is C9H6BrN3. The topological polar surface area (TPSA) is 30.2 Å². The monoisotopic (exact) mass is 235 g/mol. The number of nitrogens with zero attached hydrogens (tertiary/aromatic N) is 3. The molecule has 0 radical (unpaired) electrons. The van der Waals surface area contributed by atoms with E-state index in [0.29, 0.717) is 11.5 Å². The molecule has 0 amide bonds. The molecule has 0 unspecified atom stereocenters. The van der Waals surface area contributed by atoms with Crippen LogP contribution >= 0.6 is 15.9 Å². The van der Waals surface area contributed by atoms with Gasteiger partial charge >= 0.3 is 0 Å². The van der Waals surface area contributed by atoms with Crippen LogP contribution in [-0.2, 0) is 0 Å². The van der Waals surface area contributed by atoms with Crippen LogP contribution in [0.5, 0.6) is 0 Å². The molecule has 0 spiro atoms. The normalized spacial score (nSPS) is 10.2. The van der Waals surface area contributed by atoms with Gasteiger partial charge in [0.15, 0.2) is 0 Å². The number of hydrogen-bond acceptors (Lipinski definition) is 2. The van der Waals surface area contributed by atoms with Crippen molar-refractivity contribution < 1.29 is 0 Å². The van der Waals surface area contributed by atoms with Crippen molar-refractivity contribution >= 4 is 21.7 Å². The van der Waals surface area contributed by atoms with Crippen LogP contribution in [0.3, 0.4) is 0 Å². The first kappa shape index (κ1) is 8.27. The number of rotatable bonds is 0. The molecule has 2 heterocycles. The van der Waals surface area contributed by atoms with Crippen LogP contribution in [0, 0.1) is 19.3 Å². The number of aryl methyl sites for hydroxylation is 1. The van der Waals surface area contributed by atoms with E-state index in [2.05, 4.69) is 31.8 Å². The summed E-state index contributed by atoms with van der Waals surface area (Å²) in [5.74, 6) is 3.15. The fourth-order valence-electron chi connectivity index (χ4n) is 1.16. The van der Waals surface area contributed by atoms with Crippen molar-refractivity contribution in [1.82, 2.24) is 14.4 Å². The number of fused-ring (bicyclic) bond motifs is 1. The Morgan fingerprint density at radius 2 is 2.38 bits per heavy atom. The highest BCUT2D eigenvalue weighted by molar-refractivity contribution is 9.10. The first-order chi connectivity index (χ1) is 6.22. The molecule has 0 fully saturated rings. The molecule has 13 heavy (non-hydrogen) atoms. The summed E-state index contributed by atoms with van der Waals surface area (Å²) in [6.07, 6.45) is 8.88. The summed E-state index contributed by atoms with van der Waals surface area (Å²) in [5, 5.41) is 0. The van der Waals surface area contributed by atoms with Gasteiger partial charge in [0, 0.05) is 12.4 Å². The minimum absolute atomic E-state index is 0.633. The molecule has 0 saturated carbocycles. The van der Waals surface area contributed by atoms with Gasteiger partial charge in [-0.05, 0) is 28.8 Å². The lowest BCUT2D eigenvalue weighted by Crippen LogP contribution is -1.89. The Hall–Kier alpha value is -1.34. The minimum atomic E-state index is 0.633. The number of imidazole rings is 1. The lowest BCUT2D eigenvalue weighted by molar-refractivity contribution is 1.05. The highest BCUT2D eigenvalue weighted by Gasteiger charge is 2.06. The highest BCUT2D eigenvalue weighted by Crippen LogP contribution is 2.13. The predicted molar refractivity (Wildman–Crippen MR) is 53.4 cm³/mol. The van der Waals surface area contributed by atoms with Crippen molar-refractivity contribution in [2.45, 2.75) is 6.92 Å². The summed E-state index contributed by atoms with van der Waals surface area (Å²) >= 11 is 3.33. The van der Waals surface area contributed by atoms with Crippen molar-refractivity contribution in [2.75, 3.05) is 0 Å². The molecule has 0 aliphatic rings. The Labute approximate surface area is 84.0 Å². The van der Waals surface area contributed by atoms with Gasteiger partial charge in [0.2, 0.25) is 5.78 Å². The second-order valence-electron chi connectivity index (χ2n) is 2.63. The van der Waals surface area contributed by atoms with E-state index >= 15 is 0 Å². The Morgan fingerprint density at radius 3 is 3.08 bits per heavy atom. The summed E-state index contributed by atoms with van der Waals surface area (Å²) in [6, 6.07) is 0. The number of terminal acetylenes is 1. The average molecular weight is 236 g/mol. The van der Waals surface area contributed by atoms with Gasteiger partial charge in [0.25, 0.3) is 0 Å². The quantitative estimate of drug-likeness (QED) is 0.652. The molecule has 0 saturated heterocycles. The molecule has 0 N–H and O–H groups in total. The van der Waals surface area contributed by atoms with Crippen LogP contribution in [0.2, 0.25) is 0 Å². The van der Waals surface area contributed by atoms with Crippen molar-refractivity contribution in [3.05, 3.63) is 28.3 Å². The van der Waals surface area contributed by atoms with E-state index in [1.165, 1.54) is 0 Å². The summed E-state index contributed by atoms with van der Waals surface area (Å²) in [5.41, 5.74) is 1.58. The van der Waals surface area contributed by atoms with Crippen molar-refractivity contribution in [2.24, 2.45) is 0 Å². The van der Waals surface area contributed by atoms with Crippen LogP contribution in [0.1, 0.15) is 11.4 Å². The van der Waals surface area contributed by atoms with Crippen LogP contribution in [0.15, 0.2) is 16.9 Å². The summed E-state index contributed by atoms with van der Waals surface area (Å²) in [6.45, 7) is 1.92. The third-order valence-electron chi connectivity index (χ3n) is 1.82. The van der Waals surface area contributed by atoms with E-state index in [-0.39, 0.29) is 0 Å². The van der Waals surface area contributed by atoms with Gasteiger partial charge < -0.3 is 0 Å². The van der Waals surface area contributed by atoms with Gasteiger partial charge in [-0.15, -0.1) is 6.42 Å². The van der Waals surface area contributed by atoms with E-state index in [9.17, 15) is 0 Å². The van der Waals surface area contributed by atoms with E-state index in [4.69, 9.17) is 6.42 Å². The molecule has 4 heteroatoms. The van der Waals surface area contributed by atoms with Crippen LogP contribution in [-0.4, -0.2) is 14.4 Å². The Morgan fingerprint density at radius 1 is 1.62 bits per heavy atom. The van der Waals surface area contributed by atoms with Crippen molar-refractivity contribution in [3.63, 3.8) is 0 Å². The smallest absolute Gasteiger partial charge is 0.235 e.